The Morgan fingerprint density at radius 1 is 1.25 bits per heavy atom. The minimum absolute atomic E-state index is 0.00778. The van der Waals surface area contributed by atoms with Crippen LogP contribution in [-0.4, -0.2) is 42.1 Å². The third-order valence-corrected chi connectivity index (χ3v) is 4.64. The molecule has 0 radical (unpaired) electrons. The van der Waals surface area contributed by atoms with Crippen LogP contribution in [0.1, 0.15) is 30.5 Å². The molecule has 0 bridgehead atoms. The van der Waals surface area contributed by atoms with Gasteiger partial charge in [0.1, 0.15) is 12.4 Å². The van der Waals surface area contributed by atoms with Gasteiger partial charge in [0.05, 0.1) is 17.3 Å². The number of urea groups is 1. The number of amidine groups is 1. The number of benzene rings is 2. The molecule has 2 amide bonds. The Morgan fingerprint density at radius 2 is 1.91 bits per heavy atom. The van der Waals surface area contributed by atoms with Gasteiger partial charge in [0.15, 0.2) is 0 Å². The van der Waals surface area contributed by atoms with Gasteiger partial charge in [-0.2, -0.15) is 0 Å². The summed E-state index contributed by atoms with van der Waals surface area (Å²) >= 11 is 6.37. The molecule has 0 aliphatic carbocycles. The number of rotatable bonds is 7. The summed E-state index contributed by atoms with van der Waals surface area (Å²) < 4.78 is 0. The lowest BCUT2D eigenvalue weighted by Crippen LogP contribution is -2.45. The van der Waals surface area contributed by atoms with Crippen LogP contribution in [0.4, 0.5) is 16.2 Å². The lowest BCUT2D eigenvalue weighted by Gasteiger charge is -2.24. The monoisotopic (exact) mass is 455 g/mol. The van der Waals surface area contributed by atoms with E-state index < -0.39 is 18.5 Å². The number of nitrogen functional groups attached to an aromatic ring is 1. The molecule has 168 valence electrons. The smallest absolute Gasteiger partial charge is 0.323 e. The largest absolute Gasteiger partial charge is 0.480 e. The third kappa shape index (κ3) is 6.93. The van der Waals surface area contributed by atoms with Crippen LogP contribution in [0.15, 0.2) is 36.4 Å². The quantitative estimate of drug-likeness (QED) is 0.248. The molecule has 0 fully saturated rings. The highest BCUT2D eigenvalue weighted by atomic mass is 35.5. The molecule has 6 N–H and O–H groups in total. The summed E-state index contributed by atoms with van der Waals surface area (Å²) in [5.74, 6) is 4.85. The van der Waals surface area contributed by atoms with E-state index in [1.165, 1.54) is 0 Å². The van der Waals surface area contributed by atoms with Crippen molar-refractivity contribution in [1.29, 1.82) is 5.41 Å². The van der Waals surface area contributed by atoms with Crippen LogP contribution in [0.5, 0.6) is 0 Å². The van der Waals surface area contributed by atoms with Crippen LogP contribution in [0.2, 0.25) is 5.02 Å². The van der Waals surface area contributed by atoms with Crippen molar-refractivity contribution >= 4 is 40.8 Å². The molecule has 0 heterocycles. The van der Waals surface area contributed by atoms with Crippen LogP contribution in [0.25, 0.3) is 0 Å². The molecule has 0 aromatic heterocycles. The zero-order valence-corrected chi connectivity index (χ0v) is 18.9. The summed E-state index contributed by atoms with van der Waals surface area (Å²) in [7, 11) is 0. The van der Waals surface area contributed by atoms with Gasteiger partial charge in [-0.25, -0.2) is 4.79 Å². The minimum Gasteiger partial charge on any atom is -0.480 e. The summed E-state index contributed by atoms with van der Waals surface area (Å²) in [4.78, 5) is 24.9. The zero-order chi connectivity index (χ0) is 23.8. The number of carboxylic acid groups (broad SMARTS) is 1. The maximum Gasteiger partial charge on any atom is 0.323 e. The van der Waals surface area contributed by atoms with Crippen LogP contribution < -0.4 is 21.3 Å². The number of nitrogens with two attached hydrogens (primary N) is 1. The van der Waals surface area contributed by atoms with Gasteiger partial charge in [-0.3, -0.25) is 15.1 Å². The molecular weight excluding hydrogens is 430 g/mol. The third-order valence-electron chi connectivity index (χ3n) is 4.33. The Labute approximate surface area is 192 Å². The van der Waals surface area contributed by atoms with Crippen molar-refractivity contribution in [3.63, 3.8) is 0 Å². The summed E-state index contributed by atoms with van der Waals surface area (Å²) in [6, 6.07) is 9.73. The van der Waals surface area contributed by atoms with E-state index in [0.29, 0.717) is 33.9 Å². The number of aryl methyl sites for hydroxylation is 1. The molecule has 0 aliphatic heterocycles. The Hall–Kier alpha value is -3.70. The molecule has 0 atom stereocenters. The van der Waals surface area contributed by atoms with Crippen molar-refractivity contribution in [3.05, 3.63) is 58.1 Å². The van der Waals surface area contributed by atoms with Gasteiger partial charge < -0.3 is 21.5 Å². The zero-order valence-electron chi connectivity index (χ0n) is 18.1. The lowest BCUT2D eigenvalue weighted by molar-refractivity contribution is -0.135. The number of aliphatic carboxylic acids is 1. The highest BCUT2D eigenvalue weighted by molar-refractivity contribution is 6.32. The molecule has 2 rings (SSSR count). The number of nitrogens with zero attached hydrogens (tertiary/aromatic N) is 1. The molecule has 0 unspecified atom stereocenters. The molecule has 0 aliphatic rings. The molecule has 0 spiro atoms. The summed E-state index contributed by atoms with van der Waals surface area (Å²) in [6.07, 6.45) is 0. The van der Waals surface area contributed by atoms with Gasteiger partial charge in [0.25, 0.3) is 0 Å². The van der Waals surface area contributed by atoms with Gasteiger partial charge in [-0.1, -0.05) is 23.4 Å². The SMILES string of the molecule is Cc1cc(C#CCNc2ccc(C(=N)N)cc2)c(Cl)cc1N(CC(=O)O)C(=O)NC(C)C. The molecular formula is C23H26ClN5O3. The Bertz CT molecular complexity index is 1070. The van der Waals surface area contributed by atoms with E-state index >= 15 is 0 Å². The van der Waals surface area contributed by atoms with Crippen LogP contribution in [0.3, 0.4) is 0 Å². The first-order chi connectivity index (χ1) is 15.1. The first kappa shape index (κ1) is 24.6. The van der Waals surface area contributed by atoms with E-state index in [0.717, 1.165) is 10.6 Å². The van der Waals surface area contributed by atoms with Crippen molar-refractivity contribution in [1.82, 2.24) is 5.32 Å². The number of anilines is 2. The van der Waals surface area contributed by atoms with Crippen molar-refractivity contribution in [2.75, 3.05) is 23.3 Å². The van der Waals surface area contributed by atoms with Crippen LogP contribution in [-0.2, 0) is 4.79 Å². The number of hydrogen-bond acceptors (Lipinski definition) is 4. The topological polar surface area (TPSA) is 132 Å². The number of halogens is 1. The molecule has 2 aromatic rings. The number of carboxylic acids is 1. The molecule has 32 heavy (non-hydrogen) atoms. The fourth-order valence-electron chi connectivity index (χ4n) is 2.84. The fourth-order valence-corrected chi connectivity index (χ4v) is 3.04. The molecule has 0 saturated carbocycles. The number of amides is 2. The Kier molecular flexibility index (Phi) is 8.50. The Morgan fingerprint density at radius 3 is 2.47 bits per heavy atom. The second-order valence-corrected chi connectivity index (χ2v) is 7.76. The Balaban J connectivity index is 2.16. The lowest BCUT2D eigenvalue weighted by atomic mass is 10.1. The normalized spacial score (nSPS) is 10.2. The number of carbonyl (C=O) groups is 2. The van der Waals surface area contributed by atoms with Crippen molar-refractivity contribution in [2.24, 2.45) is 5.73 Å². The number of hydrogen-bond donors (Lipinski definition) is 5. The maximum atomic E-state index is 12.5. The summed E-state index contributed by atoms with van der Waals surface area (Å²) in [6.45, 7) is 5.22. The second-order valence-electron chi connectivity index (χ2n) is 7.35. The van der Waals surface area contributed by atoms with Crippen LogP contribution >= 0.6 is 11.6 Å². The van der Waals surface area contributed by atoms with Crippen molar-refractivity contribution in [3.8, 4) is 11.8 Å². The molecule has 8 nitrogen and oxygen atoms in total. The minimum atomic E-state index is -1.13. The van der Waals surface area contributed by atoms with Crippen molar-refractivity contribution < 1.29 is 14.7 Å². The summed E-state index contributed by atoms with van der Waals surface area (Å²) in [5.41, 5.74) is 8.57. The first-order valence-corrected chi connectivity index (χ1v) is 10.2. The maximum absolute atomic E-state index is 12.5. The predicted molar refractivity (Wildman–Crippen MR) is 128 cm³/mol. The predicted octanol–water partition coefficient (Wildman–Crippen LogP) is 3.41. The fraction of sp³-hybridized carbons (Fsp3) is 0.261. The molecule has 9 heteroatoms. The van der Waals surface area contributed by atoms with Gasteiger partial charge in [-0.15, -0.1) is 0 Å². The first-order valence-electron chi connectivity index (χ1n) is 9.85. The highest BCUT2D eigenvalue weighted by Crippen LogP contribution is 2.28. The average Bonchev–Trinajstić information content (AvgIpc) is 2.71. The van der Waals surface area contributed by atoms with Gasteiger partial charge in [0, 0.05) is 22.9 Å². The molecule has 0 saturated heterocycles. The van der Waals surface area contributed by atoms with Gasteiger partial charge in [0.2, 0.25) is 0 Å². The highest BCUT2D eigenvalue weighted by Gasteiger charge is 2.22. The van der Waals surface area contributed by atoms with E-state index in [-0.39, 0.29) is 11.9 Å². The molecule has 2 aromatic carbocycles. The van der Waals surface area contributed by atoms with E-state index in [2.05, 4.69) is 22.5 Å². The van der Waals surface area contributed by atoms with E-state index in [1.807, 2.05) is 12.1 Å². The van der Waals surface area contributed by atoms with E-state index in [1.54, 1.807) is 45.0 Å². The van der Waals surface area contributed by atoms with E-state index in [9.17, 15) is 14.7 Å². The standard InChI is InChI=1S/C23H26ClN5O3/c1-14(2)28-23(32)29(13-21(30)31)20-12-19(24)17(11-15(20)3)5-4-10-27-18-8-6-16(7-9-18)22(25)26/h6-9,11-12,14,27H,10,13H2,1-3H3,(H3,25,26)(H,28,32)(H,30,31). The van der Waals surface area contributed by atoms with Gasteiger partial charge >= 0.3 is 12.0 Å². The van der Waals surface area contributed by atoms with Gasteiger partial charge in [-0.05, 0) is 62.7 Å². The number of carbonyl (C=O) groups excluding carboxylic acids is 1. The number of nitrogens with one attached hydrogen (secondary N) is 3. The second kappa shape index (κ2) is 11.1. The summed E-state index contributed by atoms with van der Waals surface area (Å²) in [5, 5.41) is 22.8. The van der Waals surface area contributed by atoms with E-state index in [4.69, 9.17) is 22.7 Å². The average molecular weight is 456 g/mol. The van der Waals surface area contributed by atoms with Crippen LogP contribution in [0, 0.1) is 24.2 Å². The van der Waals surface area contributed by atoms with Crippen molar-refractivity contribution in [2.45, 2.75) is 26.8 Å².